The molecule has 1 aliphatic heterocycles. The lowest BCUT2D eigenvalue weighted by Crippen LogP contribution is -2.47. The van der Waals surface area contributed by atoms with Crippen LogP contribution in [-0.2, 0) is 16.0 Å². The van der Waals surface area contributed by atoms with Crippen LogP contribution in [0, 0.1) is 5.82 Å². The molecule has 142 valence electrons. The molecule has 2 N–H and O–H groups in total. The molecule has 0 unspecified atom stereocenters. The molecule has 0 spiro atoms. The van der Waals surface area contributed by atoms with Gasteiger partial charge in [-0.3, -0.25) is 20.4 Å². The molecule has 1 aliphatic rings. The van der Waals surface area contributed by atoms with Crippen LogP contribution in [-0.4, -0.2) is 30.7 Å². The van der Waals surface area contributed by atoms with Gasteiger partial charge in [-0.2, -0.15) is 0 Å². The van der Waals surface area contributed by atoms with Gasteiger partial charge in [0.25, 0.3) is 5.91 Å². The lowest BCUT2D eigenvalue weighted by Gasteiger charge is -2.30. The maximum atomic E-state index is 12.8. The molecule has 0 radical (unpaired) electrons. The molecule has 0 atom stereocenters. The Morgan fingerprint density at radius 3 is 2.59 bits per heavy atom. The number of halogens is 1. The highest BCUT2D eigenvalue weighted by Gasteiger charge is 2.18. The monoisotopic (exact) mass is 387 g/mol. The summed E-state index contributed by atoms with van der Waals surface area (Å²) in [5.41, 5.74) is 7.26. The molecule has 3 rings (SSSR count). The maximum absolute atomic E-state index is 12.8. The van der Waals surface area contributed by atoms with E-state index in [2.05, 4.69) is 16.9 Å². The summed E-state index contributed by atoms with van der Waals surface area (Å²) in [6, 6.07) is 14.2. The summed E-state index contributed by atoms with van der Waals surface area (Å²) < 4.78 is 12.8. The van der Waals surface area contributed by atoms with Crippen molar-refractivity contribution in [1.29, 1.82) is 0 Å². The number of fused-ring (bicyclic) bond motifs is 1. The predicted molar refractivity (Wildman–Crippen MR) is 105 cm³/mol. The number of hydrogen-bond acceptors (Lipinski definition) is 4. The van der Waals surface area contributed by atoms with Gasteiger partial charge in [0.05, 0.1) is 6.54 Å². The normalized spacial score (nSPS) is 13.0. The van der Waals surface area contributed by atoms with E-state index >= 15 is 0 Å². The summed E-state index contributed by atoms with van der Waals surface area (Å²) in [5.74, 6) is -0.230. The van der Waals surface area contributed by atoms with E-state index in [9.17, 15) is 14.0 Å². The molecule has 7 heteroatoms. The first-order valence-electron chi connectivity index (χ1n) is 8.91. The van der Waals surface area contributed by atoms with Crippen molar-refractivity contribution in [2.45, 2.75) is 24.2 Å². The van der Waals surface area contributed by atoms with Gasteiger partial charge in [-0.25, -0.2) is 4.39 Å². The number of anilines is 1. The zero-order chi connectivity index (χ0) is 19.1. The average Bonchev–Trinajstić information content (AvgIpc) is 2.68. The molecule has 2 aromatic carbocycles. The highest BCUT2D eigenvalue weighted by molar-refractivity contribution is 7.99. The number of carbonyl (C=O) groups excluding carboxylic acids is 2. The van der Waals surface area contributed by atoms with Gasteiger partial charge in [0.1, 0.15) is 5.82 Å². The minimum Gasteiger partial charge on any atom is -0.362 e. The molecular weight excluding hydrogens is 365 g/mol. The molecule has 1 heterocycles. The van der Waals surface area contributed by atoms with Crippen LogP contribution in [0.15, 0.2) is 53.4 Å². The molecule has 2 amide bonds. The SMILES string of the molecule is O=C(CCSc1ccc(F)cc1)NNC(=O)CN1CCCc2ccccc21. The first-order chi connectivity index (χ1) is 13.1. The van der Waals surface area contributed by atoms with Crippen LogP contribution in [0.4, 0.5) is 10.1 Å². The van der Waals surface area contributed by atoms with Gasteiger partial charge in [0, 0.05) is 29.3 Å². The van der Waals surface area contributed by atoms with Gasteiger partial charge in [0.2, 0.25) is 5.91 Å². The van der Waals surface area contributed by atoms with Crippen LogP contribution in [0.25, 0.3) is 0 Å². The fourth-order valence-electron chi connectivity index (χ4n) is 2.98. The fraction of sp³-hybridized carbons (Fsp3) is 0.300. The van der Waals surface area contributed by atoms with Crippen molar-refractivity contribution in [3.8, 4) is 0 Å². The molecule has 0 aliphatic carbocycles. The number of carbonyl (C=O) groups is 2. The summed E-state index contributed by atoms with van der Waals surface area (Å²) in [5, 5.41) is 0. The Balaban J connectivity index is 1.38. The largest absolute Gasteiger partial charge is 0.362 e. The Hall–Kier alpha value is -2.54. The van der Waals surface area contributed by atoms with E-state index in [0.29, 0.717) is 5.75 Å². The first kappa shape index (κ1) is 19.2. The third-order valence-electron chi connectivity index (χ3n) is 4.29. The molecule has 5 nitrogen and oxygen atoms in total. The number of para-hydroxylation sites is 1. The molecule has 0 fully saturated rings. The molecule has 0 saturated heterocycles. The second-order valence-corrected chi connectivity index (χ2v) is 7.47. The Morgan fingerprint density at radius 2 is 1.78 bits per heavy atom. The number of hydrogen-bond donors (Lipinski definition) is 2. The van der Waals surface area contributed by atoms with Crippen molar-refractivity contribution < 1.29 is 14.0 Å². The summed E-state index contributed by atoms with van der Waals surface area (Å²) >= 11 is 1.46. The van der Waals surface area contributed by atoms with Crippen molar-refractivity contribution in [2.24, 2.45) is 0 Å². The quantitative estimate of drug-likeness (QED) is 0.591. The maximum Gasteiger partial charge on any atom is 0.257 e. The van der Waals surface area contributed by atoms with Crippen LogP contribution in [0.1, 0.15) is 18.4 Å². The predicted octanol–water partition coefficient (Wildman–Crippen LogP) is 2.91. The van der Waals surface area contributed by atoms with Crippen LogP contribution < -0.4 is 15.8 Å². The number of thioether (sulfide) groups is 1. The van der Waals surface area contributed by atoms with E-state index in [4.69, 9.17) is 0 Å². The number of aryl methyl sites for hydroxylation is 1. The second-order valence-electron chi connectivity index (χ2n) is 6.30. The van der Waals surface area contributed by atoms with Gasteiger partial charge >= 0.3 is 0 Å². The number of benzene rings is 2. The molecule has 0 aromatic heterocycles. The van der Waals surface area contributed by atoms with Crippen molar-refractivity contribution in [1.82, 2.24) is 10.9 Å². The number of amides is 2. The van der Waals surface area contributed by atoms with E-state index in [0.717, 1.165) is 30.0 Å². The van der Waals surface area contributed by atoms with Gasteiger partial charge in [-0.15, -0.1) is 11.8 Å². The highest BCUT2D eigenvalue weighted by atomic mass is 32.2. The molecule has 27 heavy (non-hydrogen) atoms. The van der Waals surface area contributed by atoms with Crippen molar-refractivity contribution in [3.05, 3.63) is 59.9 Å². The average molecular weight is 387 g/mol. The Morgan fingerprint density at radius 1 is 1.04 bits per heavy atom. The Bertz CT molecular complexity index is 798. The molecule has 0 bridgehead atoms. The summed E-state index contributed by atoms with van der Waals surface area (Å²) in [7, 11) is 0. The molecule has 2 aromatic rings. The molecule has 0 saturated carbocycles. The summed E-state index contributed by atoms with van der Waals surface area (Å²) in [4.78, 5) is 26.9. The first-order valence-corrected chi connectivity index (χ1v) is 9.89. The number of nitrogens with zero attached hydrogens (tertiary/aromatic N) is 1. The van der Waals surface area contributed by atoms with Crippen LogP contribution in [0.5, 0.6) is 0 Å². The van der Waals surface area contributed by atoms with Crippen LogP contribution >= 0.6 is 11.8 Å². The van der Waals surface area contributed by atoms with Crippen LogP contribution in [0.3, 0.4) is 0 Å². The van der Waals surface area contributed by atoms with E-state index in [1.165, 1.54) is 29.5 Å². The summed E-state index contributed by atoms with van der Waals surface area (Å²) in [6.45, 7) is 1.04. The van der Waals surface area contributed by atoms with Gasteiger partial charge in [-0.1, -0.05) is 18.2 Å². The van der Waals surface area contributed by atoms with Crippen molar-refractivity contribution in [2.75, 3.05) is 23.7 Å². The molecular formula is C20H22FN3O2S. The van der Waals surface area contributed by atoms with E-state index in [-0.39, 0.29) is 30.6 Å². The number of hydrazine groups is 1. The zero-order valence-corrected chi connectivity index (χ0v) is 15.7. The third kappa shape index (κ3) is 5.72. The minimum absolute atomic E-state index is 0.210. The Labute approximate surface area is 162 Å². The van der Waals surface area contributed by atoms with Gasteiger partial charge in [-0.05, 0) is 48.7 Å². The fourth-order valence-corrected chi connectivity index (χ4v) is 3.83. The van der Waals surface area contributed by atoms with Crippen LogP contribution in [0.2, 0.25) is 0 Å². The van der Waals surface area contributed by atoms with E-state index in [1.807, 2.05) is 23.1 Å². The highest BCUT2D eigenvalue weighted by Crippen LogP contribution is 2.26. The van der Waals surface area contributed by atoms with Gasteiger partial charge < -0.3 is 4.90 Å². The second kappa shape index (κ2) is 9.41. The lowest BCUT2D eigenvalue weighted by atomic mass is 10.0. The van der Waals surface area contributed by atoms with Crippen molar-refractivity contribution >= 4 is 29.3 Å². The Kier molecular flexibility index (Phi) is 6.70. The van der Waals surface area contributed by atoms with E-state index in [1.54, 1.807) is 12.1 Å². The number of rotatable bonds is 6. The summed E-state index contributed by atoms with van der Waals surface area (Å²) in [6.07, 6.45) is 2.29. The smallest absolute Gasteiger partial charge is 0.257 e. The zero-order valence-electron chi connectivity index (χ0n) is 14.9. The third-order valence-corrected chi connectivity index (χ3v) is 5.31. The standard InChI is InChI=1S/C20H22FN3O2S/c21-16-7-9-17(10-8-16)27-13-11-19(25)22-23-20(26)14-24-12-3-5-15-4-1-2-6-18(15)24/h1-2,4,6-10H,3,5,11-14H2,(H,22,25)(H,23,26). The minimum atomic E-state index is -0.281. The van der Waals surface area contributed by atoms with E-state index < -0.39 is 0 Å². The van der Waals surface area contributed by atoms with Crippen molar-refractivity contribution in [3.63, 3.8) is 0 Å². The topological polar surface area (TPSA) is 61.4 Å². The lowest BCUT2D eigenvalue weighted by molar-refractivity contribution is -0.128. The van der Waals surface area contributed by atoms with Gasteiger partial charge in [0.15, 0.2) is 0 Å². The number of nitrogens with one attached hydrogen (secondary N) is 2.